The third-order valence-electron chi connectivity index (χ3n) is 13.2. The van der Waals surface area contributed by atoms with Crippen LogP contribution in [0.15, 0.2) is 67.0 Å². The number of non-ortho nitro benzene ring substituents is 1. The number of nitrogens with zero attached hydrogens (tertiary/aromatic N) is 5. The first-order valence-corrected chi connectivity index (χ1v) is 25.0. The SMILES string of the molecule is CCCCCC[C@H](OC1C(OC(=O)c2ccccc2)[C@H](OCC(O[C@@H]2OC(C)[C@@H](O)C(O)C2O)C(C)CCC(=O)NCCCc2cn(CCCn3ccc4cc([N+](=O)[O-])ccc43)nn2)OC(CO)[C@@H]1O)C(=O)O. The molecule has 2 fully saturated rings. The maximum Gasteiger partial charge on any atom is 0.338 e. The molecule has 6 rings (SSSR count). The largest absolute Gasteiger partial charge is 0.479 e. The number of aliphatic hydroxyl groups excluding tert-OH is 5. The van der Waals surface area contributed by atoms with Crippen LogP contribution in [0.2, 0.25) is 0 Å². The Morgan fingerprint density at radius 3 is 2.40 bits per heavy atom. The number of nitro benzene ring substituents is 1. The van der Waals surface area contributed by atoms with Gasteiger partial charge < -0.3 is 68.9 Å². The summed E-state index contributed by atoms with van der Waals surface area (Å²) in [7, 11) is 0. The summed E-state index contributed by atoms with van der Waals surface area (Å²) in [6.45, 7) is 5.69. The molecular formula is C50H70N6O17. The van der Waals surface area contributed by atoms with E-state index in [-0.39, 0.29) is 36.4 Å². The number of aromatic nitrogens is 4. The van der Waals surface area contributed by atoms with Gasteiger partial charge in [-0.1, -0.05) is 62.9 Å². The Balaban J connectivity index is 1.07. The van der Waals surface area contributed by atoms with Crippen LogP contribution >= 0.6 is 0 Å². The number of fused-ring (bicyclic) bond motifs is 1. The molecule has 0 aliphatic carbocycles. The molecule has 2 aliphatic rings. The number of aliphatic carboxylic acids is 1. The zero-order chi connectivity index (χ0) is 52.6. The first kappa shape index (κ1) is 56.8. The maximum absolute atomic E-state index is 13.6. The van der Waals surface area contributed by atoms with Crippen LogP contribution in [-0.2, 0) is 57.5 Å². The highest BCUT2D eigenvalue weighted by atomic mass is 16.7. The molecule has 2 aromatic heterocycles. The Morgan fingerprint density at radius 2 is 1.67 bits per heavy atom. The van der Waals surface area contributed by atoms with E-state index < -0.39 is 110 Å². The van der Waals surface area contributed by atoms with E-state index in [1.165, 1.54) is 25.1 Å². The molecule has 23 nitrogen and oxygen atoms in total. The third-order valence-corrected chi connectivity index (χ3v) is 13.2. The maximum atomic E-state index is 13.6. The van der Waals surface area contributed by atoms with Crippen LogP contribution in [0.4, 0.5) is 5.69 Å². The number of hydrogen-bond donors (Lipinski definition) is 7. The van der Waals surface area contributed by atoms with Crippen molar-refractivity contribution in [1.82, 2.24) is 24.9 Å². The first-order chi connectivity index (χ1) is 35.1. The number of amides is 1. The van der Waals surface area contributed by atoms with Gasteiger partial charge in [-0.15, -0.1) is 5.10 Å². The van der Waals surface area contributed by atoms with Gasteiger partial charge in [-0.25, -0.2) is 9.59 Å². The van der Waals surface area contributed by atoms with E-state index in [0.29, 0.717) is 38.9 Å². The summed E-state index contributed by atoms with van der Waals surface area (Å²) in [4.78, 5) is 50.0. The van der Waals surface area contributed by atoms with Gasteiger partial charge in [0.25, 0.3) is 5.69 Å². The van der Waals surface area contributed by atoms with Gasteiger partial charge in [0.2, 0.25) is 5.91 Å². The second kappa shape index (κ2) is 27.7. The fourth-order valence-corrected chi connectivity index (χ4v) is 8.84. The molecule has 2 saturated heterocycles. The Hall–Kier alpha value is -5.47. The van der Waals surface area contributed by atoms with Crippen molar-refractivity contribution in [2.75, 3.05) is 19.8 Å². The van der Waals surface area contributed by atoms with E-state index in [1.807, 2.05) is 30.0 Å². The summed E-state index contributed by atoms with van der Waals surface area (Å²) in [5, 5.41) is 87.2. The topological polar surface area (TPSA) is 319 Å². The molecule has 2 aromatic carbocycles. The summed E-state index contributed by atoms with van der Waals surface area (Å²) in [5.74, 6) is -2.99. The molecule has 23 heteroatoms. The van der Waals surface area contributed by atoms with Crippen LogP contribution < -0.4 is 5.32 Å². The highest BCUT2D eigenvalue weighted by Gasteiger charge is 2.51. The zero-order valence-electron chi connectivity index (χ0n) is 41.4. The van der Waals surface area contributed by atoms with Crippen molar-refractivity contribution in [3.63, 3.8) is 0 Å². The predicted molar refractivity (Wildman–Crippen MR) is 259 cm³/mol. The average molecular weight is 1030 g/mol. The normalized spacial score (nSPS) is 25.5. The minimum absolute atomic E-state index is 0.0252. The predicted octanol–water partition coefficient (Wildman–Crippen LogP) is 3.04. The molecule has 1 amide bonds. The van der Waals surface area contributed by atoms with Gasteiger partial charge in [0.05, 0.1) is 41.6 Å². The standard InChI is InChI=1S/C50H70N6O17/c1-4-5-6-10-16-37(47(63)64)70-45-42(60)38(28-57)71-50(46(45)73-48(65)32-13-8-7-9-14-32)68-29-39(72-49-44(62)43(61)41(59)31(3)69-49)30(2)17-20-40(58)51-22-11-15-34-27-55(53-52-34)24-12-23-54-25-21-33-26-35(56(66)67)18-19-36(33)54/h7-9,13-14,18-19,21,25-27,30-31,37-39,41-46,49-50,57,59-62H,4-6,10-12,15-17,20,22-24,28-29H2,1-3H3,(H,51,58)(H,63,64)/t30?,31?,37-,38?,39?,41+,42-,43?,44?,45?,46?,49-,50+/m0/s1. The van der Waals surface area contributed by atoms with Gasteiger partial charge in [0.15, 0.2) is 24.8 Å². The van der Waals surface area contributed by atoms with E-state index >= 15 is 0 Å². The fraction of sp³-hybridized carbons (Fsp3) is 0.620. The Labute approximate surface area is 422 Å². The van der Waals surface area contributed by atoms with Crippen molar-refractivity contribution in [3.05, 3.63) is 88.4 Å². The van der Waals surface area contributed by atoms with E-state index in [1.54, 1.807) is 41.9 Å². The Kier molecular flexibility index (Phi) is 21.6. The lowest BCUT2D eigenvalue weighted by atomic mass is 9.96. The molecule has 8 unspecified atom stereocenters. The number of aryl methyl sites for hydroxylation is 3. The monoisotopic (exact) mass is 1030 g/mol. The smallest absolute Gasteiger partial charge is 0.338 e. The summed E-state index contributed by atoms with van der Waals surface area (Å²) < 4.78 is 40.0. The molecule has 13 atom stereocenters. The number of ether oxygens (including phenoxy) is 6. The summed E-state index contributed by atoms with van der Waals surface area (Å²) in [6, 6.07) is 14.5. The zero-order valence-corrected chi connectivity index (χ0v) is 41.4. The molecule has 4 heterocycles. The van der Waals surface area contributed by atoms with Crippen LogP contribution in [0.25, 0.3) is 10.9 Å². The number of carboxylic acids is 1. The number of nitrogens with one attached hydrogen (secondary N) is 1. The van der Waals surface area contributed by atoms with Crippen LogP contribution in [0.5, 0.6) is 0 Å². The molecule has 0 bridgehead atoms. The lowest BCUT2D eigenvalue weighted by Crippen LogP contribution is -2.62. The summed E-state index contributed by atoms with van der Waals surface area (Å²) >= 11 is 0. The van der Waals surface area contributed by atoms with E-state index in [0.717, 1.165) is 42.3 Å². The number of unbranched alkanes of at least 4 members (excludes halogenated alkanes) is 3. The van der Waals surface area contributed by atoms with Gasteiger partial charge in [-0.05, 0) is 69.2 Å². The van der Waals surface area contributed by atoms with Crippen LogP contribution in [0, 0.1) is 16.0 Å². The van der Waals surface area contributed by atoms with E-state index in [2.05, 4.69) is 15.6 Å². The highest BCUT2D eigenvalue weighted by molar-refractivity contribution is 5.89. The highest BCUT2D eigenvalue weighted by Crippen LogP contribution is 2.32. The number of carboxylic acid groups (broad SMARTS) is 1. The van der Waals surface area contributed by atoms with Gasteiger partial charge in [-0.3, -0.25) is 19.6 Å². The van der Waals surface area contributed by atoms with Crippen molar-refractivity contribution in [2.24, 2.45) is 5.92 Å². The van der Waals surface area contributed by atoms with E-state index in [9.17, 15) is 55.1 Å². The molecule has 402 valence electrons. The molecular weight excluding hydrogens is 957 g/mol. The molecule has 0 spiro atoms. The number of hydrogen-bond acceptors (Lipinski definition) is 18. The molecule has 0 saturated carbocycles. The number of nitro groups is 1. The molecule has 73 heavy (non-hydrogen) atoms. The molecule has 2 aliphatic heterocycles. The van der Waals surface area contributed by atoms with Gasteiger partial charge in [0, 0.05) is 61.5 Å². The fourth-order valence-electron chi connectivity index (χ4n) is 8.84. The van der Waals surface area contributed by atoms with E-state index in [4.69, 9.17) is 28.4 Å². The van der Waals surface area contributed by atoms with Crippen LogP contribution in [0.3, 0.4) is 0 Å². The number of carbonyl (C=O) groups is 3. The molecule has 0 radical (unpaired) electrons. The number of benzene rings is 2. The summed E-state index contributed by atoms with van der Waals surface area (Å²) in [6.07, 6.45) is -8.58. The average Bonchev–Trinajstić information content (AvgIpc) is 4.02. The van der Waals surface area contributed by atoms with Crippen molar-refractivity contribution in [1.29, 1.82) is 0 Å². The van der Waals surface area contributed by atoms with Crippen molar-refractivity contribution >= 4 is 34.4 Å². The second-order valence-electron chi connectivity index (χ2n) is 18.7. The number of esters is 1. The quantitative estimate of drug-likeness (QED) is 0.0178. The van der Waals surface area contributed by atoms with Crippen LogP contribution in [0.1, 0.15) is 94.6 Å². The second-order valence-corrected chi connectivity index (χ2v) is 18.7. The lowest BCUT2D eigenvalue weighted by molar-refractivity contribution is -0.384. The van der Waals surface area contributed by atoms with Crippen molar-refractivity contribution in [3.8, 4) is 0 Å². The Bertz CT molecular complexity index is 2370. The van der Waals surface area contributed by atoms with Crippen molar-refractivity contribution < 1.29 is 78.4 Å². The lowest BCUT2D eigenvalue weighted by Gasteiger charge is -2.44. The third kappa shape index (κ3) is 15.8. The number of aliphatic hydroxyl groups is 5. The minimum atomic E-state index is -1.70. The van der Waals surface area contributed by atoms with Gasteiger partial charge in [0.1, 0.15) is 36.6 Å². The van der Waals surface area contributed by atoms with Crippen molar-refractivity contribution in [2.45, 2.75) is 172 Å². The van der Waals surface area contributed by atoms with Gasteiger partial charge >= 0.3 is 11.9 Å². The van der Waals surface area contributed by atoms with Crippen LogP contribution in [-0.4, -0.2) is 166 Å². The molecule has 7 N–H and O–H groups in total. The van der Waals surface area contributed by atoms with Gasteiger partial charge in [-0.2, -0.15) is 0 Å². The number of carbonyl (C=O) groups excluding carboxylic acids is 2. The number of rotatable bonds is 29. The molecule has 4 aromatic rings. The summed E-state index contributed by atoms with van der Waals surface area (Å²) in [5.41, 5.74) is 1.82. The first-order valence-electron chi connectivity index (χ1n) is 25.0. The minimum Gasteiger partial charge on any atom is -0.479 e. The Morgan fingerprint density at radius 1 is 0.890 bits per heavy atom.